The zero-order valence-corrected chi connectivity index (χ0v) is 14.5. The van der Waals surface area contributed by atoms with Crippen LogP contribution in [0.3, 0.4) is 0 Å². The predicted octanol–water partition coefficient (Wildman–Crippen LogP) is 2.09. The summed E-state index contributed by atoms with van der Waals surface area (Å²) in [7, 11) is 1.61. The van der Waals surface area contributed by atoms with Crippen molar-refractivity contribution in [2.24, 2.45) is 0 Å². The molecule has 0 radical (unpaired) electrons. The van der Waals surface area contributed by atoms with Crippen LogP contribution < -0.4 is 10.2 Å². The summed E-state index contributed by atoms with van der Waals surface area (Å²) in [5.41, 5.74) is 1.29. The Morgan fingerprint density at radius 2 is 2.00 bits per heavy atom. The van der Waals surface area contributed by atoms with Gasteiger partial charge in [-0.2, -0.15) is 0 Å². The van der Waals surface area contributed by atoms with Gasteiger partial charge in [0, 0.05) is 31.4 Å². The van der Waals surface area contributed by atoms with E-state index in [4.69, 9.17) is 9.52 Å². The van der Waals surface area contributed by atoms with E-state index in [1.54, 1.807) is 43.1 Å². The Morgan fingerprint density at radius 3 is 2.54 bits per heavy atom. The van der Waals surface area contributed by atoms with Crippen molar-refractivity contribution < 1.29 is 23.9 Å². The van der Waals surface area contributed by atoms with Crippen LogP contribution in [0, 0.1) is 6.92 Å². The highest BCUT2D eigenvalue weighted by Crippen LogP contribution is 2.20. The number of carbonyl (C=O) groups excluding carboxylic acids is 2. The van der Waals surface area contributed by atoms with Gasteiger partial charge in [0.15, 0.2) is 0 Å². The number of carbonyl (C=O) groups is 3. The number of nitrogens with one attached hydrogen (secondary N) is 1. The van der Waals surface area contributed by atoms with Crippen LogP contribution in [0.1, 0.15) is 32.2 Å². The van der Waals surface area contributed by atoms with E-state index in [1.807, 2.05) is 0 Å². The first-order valence-corrected chi connectivity index (χ1v) is 8.10. The van der Waals surface area contributed by atoms with E-state index in [-0.39, 0.29) is 24.0 Å². The Labute approximate surface area is 150 Å². The van der Waals surface area contributed by atoms with E-state index < -0.39 is 5.97 Å². The fourth-order valence-electron chi connectivity index (χ4n) is 2.86. The molecule has 0 bridgehead atoms. The molecule has 0 atom stereocenters. The number of rotatable bonds is 5. The molecule has 26 heavy (non-hydrogen) atoms. The number of hydrogen-bond acceptors (Lipinski definition) is 4. The predicted molar refractivity (Wildman–Crippen MR) is 93.4 cm³/mol. The minimum absolute atomic E-state index is 0.0918. The van der Waals surface area contributed by atoms with Crippen LogP contribution in [0.5, 0.6) is 0 Å². The quantitative estimate of drug-likeness (QED) is 0.853. The van der Waals surface area contributed by atoms with Crippen molar-refractivity contribution in [2.75, 3.05) is 25.0 Å². The Hall–Kier alpha value is -3.29. The van der Waals surface area contributed by atoms with Gasteiger partial charge in [-0.05, 0) is 37.3 Å². The number of anilines is 1. The van der Waals surface area contributed by atoms with Crippen molar-refractivity contribution in [1.82, 2.24) is 10.2 Å². The van der Waals surface area contributed by atoms with Crippen LogP contribution in [-0.4, -0.2) is 48.1 Å². The molecule has 2 N–H and O–H groups in total. The lowest BCUT2D eigenvalue weighted by atomic mass is 10.1. The molecule has 1 aromatic heterocycles. The first-order chi connectivity index (χ1) is 12.4. The second kappa shape index (κ2) is 6.91. The van der Waals surface area contributed by atoms with Crippen molar-refractivity contribution in [3.8, 4) is 0 Å². The number of aromatic carboxylic acids is 1. The molecule has 0 unspecified atom stereocenters. The SMILES string of the molecule is Cc1oc(CN(C)C(=O)c2ccc(N3CCNC3=O)cc2)cc1C(=O)O. The maximum absolute atomic E-state index is 12.5. The molecule has 2 heterocycles. The van der Waals surface area contributed by atoms with Gasteiger partial charge < -0.3 is 19.7 Å². The van der Waals surface area contributed by atoms with Crippen molar-refractivity contribution in [3.05, 3.63) is 53.0 Å². The van der Waals surface area contributed by atoms with E-state index in [2.05, 4.69) is 5.32 Å². The molecular weight excluding hydrogens is 338 g/mol. The van der Waals surface area contributed by atoms with Crippen molar-refractivity contribution in [2.45, 2.75) is 13.5 Å². The number of carboxylic acids is 1. The molecule has 3 rings (SSSR count). The fraction of sp³-hybridized carbons (Fsp3) is 0.278. The zero-order chi connectivity index (χ0) is 18.8. The van der Waals surface area contributed by atoms with Gasteiger partial charge in [-0.1, -0.05) is 0 Å². The molecule has 3 amide bonds. The lowest BCUT2D eigenvalue weighted by Crippen LogP contribution is -2.28. The number of aryl methyl sites for hydroxylation is 1. The highest BCUT2D eigenvalue weighted by molar-refractivity contribution is 5.97. The second-order valence-electron chi connectivity index (χ2n) is 6.08. The van der Waals surface area contributed by atoms with Crippen LogP contribution in [-0.2, 0) is 6.54 Å². The van der Waals surface area contributed by atoms with Crippen molar-refractivity contribution >= 4 is 23.6 Å². The van der Waals surface area contributed by atoms with Gasteiger partial charge in [0.05, 0.1) is 6.54 Å². The normalized spacial score (nSPS) is 13.6. The maximum Gasteiger partial charge on any atom is 0.339 e. The van der Waals surface area contributed by atoms with Gasteiger partial charge in [-0.3, -0.25) is 9.69 Å². The number of nitrogens with zero attached hydrogens (tertiary/aromatic N) is 2. The summed E-state index contributed by atoms with van der Waals surface area (Å²) in [4.78, 5) is 38.3. The summed E-state index contributed by atoms with van der Waals surface area (Å²) in [6, 6.07) is 8.06. The van der Waals surface area contributed by atoms with Crippen LogP contribution >= 0.6 is 0 Å². The van der Waals surface area contributed by atoms with Crippen LogP contribution in [0.15, 0.2) is 34.7 Å². The van der Waals surface area contributed by atoms with Crippen LogP contribution in [0.2, 0.25) is 0 Å². The minimum atomic E-state index is -1.06. The van der Waals surface area contributed by atoms with E-state index in [1.165, 1.54) is 11.0 Å². The van der Waals surface area contributed by atoms with Gasteiger partial charge in [0.25, 0.3) is 5.91 Å². The highest BCUT2D eigenvalue weighted by Gasteiger charge is 2.22. The number of carboxylic acid groups (broad SMARTS) is 1. The zero-order valence-electron chi connectivity index (χ0n) is 14.5. The molecule has 1 aliphatic heterocycles. The van der Waals surface area contributed by atoms with Gasteiger partial charge in [-0.25, -0.2) is 9.59 Å². The summed E-state index contributed by atoms with van der Waals surface area (Å²) in [5, 5.41) is 11.8. The second-order valence-corrected chi connectivity index (χ2v) is 6.08. The standard InChI is InChI=1S/C18H19N3O5/c1-11-15(17(23)24)9-14(26-11)10-20(2)16(22)12-3-5-13(6-4-12)21-8-7-19-18(21)25/h3-6,9H,7-8,10H2,1-2H3,(H,19,25)(H,23,24). The van der Waals surface area contributed by atoms with E-state index in [0.717, 1.165) is 5.69 Å². The van der Waals surface area contributed by atoms with Crippen LogP contribution in [0.25, 0.3) is 0 Å². The van der Waals surface area contributed by atoms with E-state index >= 15 is 0 Å². The van der Waals surface area contributed by atoms with Gasteiger partial charge in [0.2, 0.25) is 0 Å². The van der Waals surface area contributed by atoms with Crippen LogP contribution in [0.4, 0.5) is 10.5 Å². The molecule has 0 saturated carbocycles. The van der Waals surface area contributed by atoms with Gasteiger partial charge >= 0.3 is 12.0 Å². The van der Waals surface area contributed by atoms with Gasteiger partial charge in [-0.15, -0.1) is 0 Å². The lowest BCUT2D eigenvalue weighted by Gasteiger charge is -2.17. The maximum atomic E-state index is 12.5. The fourth-order valence-corrected chi connectivity index (χ4v) is 2.86. The molecule has 1 saturated heterocycles. The molecule has 1 aromatic carbocycles. The summed E-state index contributed by atoms with van der Waals surface area (Å²) < 4.78 is 5.41. The first kappa shape index (κ1) is 17.5. The number of hydrogen-bond donors (Lipinski definition) is 2. The smallest absolute Gasteiger partial charge is 0.339 e. The van der Waals surface area contributed by atoms with E-state index in [0.29, 0.717) is 30.2 Å². The summed E-state index contributed by atoms with van der Waals surface area (Å²) >= 11 is 0. The Morgan fingerprint density at radius 1 is 1.31 bits per heavy atom. The Balaban J connectivity index is 1.69. The average molecular weight is 357 g/mol. The third-order valence-electron chi connectivity index (χ3n) is 4.22. The molecule has 2 aromatic rings. The Bertz CT molecular complexity index is 856. The third-order valence-corrected chi connectivity index (χ3v) is 4.22. The monoisotopic (exact) mass is 357 g/mol. The molecule has 0 spiro atoms. The highest BCUT2D eigenvalue weighted by atomic mass is 16.4. The molecule has 1 fully saturated rings. The van der Waals surface area contributed by atoms with Gasteiger partial charge in [0.1, 0.15) is 17.1 Å². The third kappa shape index (κ3) is 3.39. The molecule has 8 heteroatoms. The number of urea groups is 1. The summed E-state index contributed by atoms with van der Waals surface area (Å²) in [6.45, 7) is 2.92. The average Bonchev–Trinajstić information content (AvgIpc) is 3.20. The number of furan rings is 1. The molecule has 0 aliphatic carbocycles. The lowest BCUT2D eigenvalue weighted by molar-refractivity contribution is 0.0694. The number of benzene rings is 1. The van der Waals surface area contributed by atoms with Crippen molar-refractivity contribution in [3.63, 3.8) is 0 Å². The Kier molecular flexibility index (Phi) is 4.66. The largest absolute Gasteiger partial charge is 0.478 e. The number of amides is 3. The van der Waals surface area contributed by atoms with Crippen molar-refractivity contribution in [1.29, 1.82) is 0 Å². The topological polar surface area (TPSA) is 103 Å². The summed E-state index contributed by atoms with van der Waals surface area (Å²) in [5.74, 6) is -0.580. The molecule has 8 nitrogen and oxygen atoms in total. The summed E-state index contributed by atoms with van der Waals surface area (Å²) in [6.07, 6.45) is 0. The van der Waals surface area contributed by atoms with E-state index in [9.17, 15) is 14.4 Å². The first-order valence-electron chi connectivity index (χ1n) is 8.10. The minimum Gasteiger partial charge on any atom is -0.478 e. The molecule has 136 valence electrons. The molecule has 1 aliphatic rings. The molecular formula is C18H19N3O5.